The fourth-order valence-electron chi connectivity index (χ4n) is 1.17. The Morgan fingerprint density at radius 1 is 1.40 bits per heavy atom. The Labute approximate surface area is 89.7 Å². The van der Waals surface area contributed by atoms with Crippen LogP contribution in [0.1, 0.15) is 19.4 Å². The third kappa shape index (κ3) is 3.81. The molecule has 1 aromatic carbocycles. The number of hydrogen-bond acceptors (Lipinski definition) is 3. The molecule has 0 heterocycles. The van der Waals surface area contributed by atoms with Crippen molar-refractivity contribution >= 4 is 6.29 Å². The van der Waals surface area contributed by atoms with Crippen molar-refractivity contribution in [1.29, 1.82) is 0 Å². The van der Waals surface area contributed by atoms with E-state index < -0.39 is 11.7 Å². The van der Waals surface area contributed by atoms with Crippen LogP contribution in [0.25, 0.3) is 0 Å². The average molecular weight is 208 g/mol. The Morgan fingerprint density at radius 2 is 2.00 bits per heavy atom. The molecule has 0 saturated heterocycles. The maximum atomic E-state index is 10.7. The molecule has 15 heavy (non-hydrogen) atoms. The summed E-state index contributed by atoms with van der Waals surface area (Å²) in [6.45, 7) is 3.43. The van der Waals surface area contributed by atoms with E-state index in [1.54, 1.807) is 13.8 Å². The highest BCUT2D eigenvalue weighted by atomic mass is 16.5. The van der Waals surface area contributed by atoms with Crippen LogP contribution in [0.4, 0.5) is 0 Å². The summed E-state index contributed by atoms with van der Waals surface area (Å²) < 4.78 is 5.32. The molecule has 82 valence electrons. The van der Waals surface area contributed by atoms with E-state index in [1.807, 2.05) is 30.3 Å². The lowest BCUT2D eigenvalue weighted by molar-refractivity contribution is -0.136. The Hall–Kier alpha value is -1.19. The predicted octanol–water partition coefficient (Wildman–Crippen LogP) is 1.54. The molecule has 1 aromatic rings. The first-order valence-electron chi connectivity index (χ1n) is 4.87. The molecule has 0 bridgehead atoms. The van der Waals surface area contributed by atoms with Gasteiger partial charge in [0.2, 0.25) is 0 Å². The van der Waals surface area contributed by atoms with E-state index in [-0.39, 0.29) is 0 Å². The molecule has 3 heteroatoms. The molecule has 0 spiro atoms. The van der Waals surface area contributed by atoms with Crippen molar-refractivity contribution in [1.82, 2.24) is 0 Å². The number of benzene rings is 1. The van der Waals surface area contributed by atoms with Crippen LogP contribution in [0, 0.1) is 0 Å². The van der Waals surface area contributed by atoms with E-state index >= 15 is 0 Å². The largest absolute Gasteiger partial charge is 0.387 e. The second-order valence-corrected chi connectivity index (χ2v) is 4.01. The molecular formula is C12H16O3. The van der Waals surface area contributed by atoms with Crippen LogP contribution in [-0.2, 0) is 16.1 Å². The van der Waals surface area contributed by atoms with E-state index in [1.165, 1.54) is 0 Å². The predicted molar refractivity (Wildman–Crippen MR) is 57.4 cm³/mol. The molecule has 1 rings (SSSR count). The quantitative estimate of drug-likeness (QED) is 0.747. The molecular weight excluding hydrogens is 192 g/mol. The second kappa shape index (κ2) is 5.05. The van der Waals surface area contributed by atoms with E-state index in [9.17, 15) is 9.90 Å². The van der Waals surface area contributed by atoms with Crippen molar-refractivity contribution < 1.29 is 14.6 Å². The summed E-state index contributed by atoms with van der Waals surface area (Å²) in [5.74, 6) is 0. The lowest BCUT2D eigenvalue weighted by Gasteiger charge is -2.24. The van der Waals surface area contributed by atoms with Gasteiger partial charge in [0.15, 0.2) is 6.29 Å². The maximum Gasteiger partial charge on any atom is 0.151 e. The molecule has 0 radical (unpaired) electrons. The van der Waals surface area contributed by atoms with Crippen molar-refractivity contribution in [3.8, 4) is 0 Å². The highest BCUT2D eigenvalue weighted by molar-refractivity contribution is 5.58. The topological polar surface area (TPSA) is 46.5 Å². The molecule has 0 unspecified atom stereocenters. The molecule has 0 aliphatic carbocycles. The van der Waals surface area contributed by atoms with Gasteiger partial charge >= 0.3 is 0 Å². The summed E-state index contributed by atoms with van der Waals surface area (Å²) in [5, 5.41) is 9.60. The van der Waals surface area contributed by atoms with Crippen LogP contribution >= 0.6 is 0 Å². The van der Waals surface area contributed by atoms with E-state index in [0.29, 0.717) is 12.9 Å². The molecule has 0 saturated carbocycles. The smallest absolute Gasteiger partial charge is 0.151 e. The fraction of sp³-hybridized carbons (Fsp3) is 0.417. The summed E-state index contributed by atoms with van der Waals surface area (Å²) in [6.07, 6.45) is -0.166. The third-order valence-corrected chi connectivity index (χ3v) is 2.09. The lowest BCUT2D eigenvalue weighted by atomic mass is 10.0. The minimum atomic E-state index is -1.14. The molecule has 0 aliphatic heterocycles. The van der Waals surface area contributed by atoms with Gasteiger partial charge in [-0.3, -0.25) is 0 Å². The van der Waals surface area contributed by atoms with Crippen molar-refractivity contribution in [3.63, 3.8) is 0 Å². The van der Waals surface area contributed by atoms with Crippen LogP contribution in [0.2, 0.25) is 0 Å². The van der Waals surface area contributed by atoms with Gasteiger partial charge in [-0.05, 0) is 19.4 Å². The highest BCUT2D eigenvalue weighted by Gasteiger charge is 2.26. The summed E-state index contributed by atoms with van der Waals surface area (Å²) in [7, 11) is 0. The number of aliphatic hydroxyl groups is 1. The number of aldehydes is 1. The Morgan fingerprint density at radius 3 is 2.47 bits per heavy atom. The van der Waals surface area contributed by atoms with Gasteiger partial charge in [-0.25, -0.2) is 0 Å². The Bertz CT molecular complexity index is 300. The van der Waals surface area contributed by atoms with Gasteiger partial charge in [-0.1, -0.05) is 30.3 Å². The van der Waals surface area contributed by atoms with E-state index in [4.69, 9.17) is 4.74 Å². The first-order valence-corrected chi connectivity index (χ1v) is 4.87. The van der Waals surface area contributed by atoms with Crippen molar-refractivity contribution in [2.75, 3.05) is 0 Å². The average Bonchev–Trinajstić information content (AvgIpc) is 2.18. The fourth-order valence-corrected chi connectivity index (χ4v) is 1.17. The number of rotatable bonds is 5. The molecule has 0 aliphatic rings. The molecule has 1 atom stereocenters. The van der Waals surface area contributed by atoms with Gasteiger partial charge < -0.3 is 14.6 Å². The number of ether oxygens (including phenoxy) is 1. The minimum Gasteiger partial charge on any atom is -0.387 e. The molecule has 1 N–H and O–H groups in total. The summed E-state index contributed by atoms with van der Waals surface area (Å²) >= 11 is 0. The minimum absolute atomic E-state index is 0.328. The van der Waals surface area contributed by atoms with Crippen molar-refractivity contribution in [3.05, 3.63) is 35.9 Å². The van der Waals surface area contributed by atoms with Gasteiger partial charge in [-0.2, -0.15) is 0 Å². The zero-order valence-electron chi connectivity index (χ0n) is 9.01. The van der Waals surface area contributed by atoms with Crippen LogP contribution < -0.4 is 0 Å². The van der Waals surface area contributed by atoms with Crippen molar-refractivity contribution in [2.45, 2.75) is 32.2 Å². The number of hydrogen-bond donors (Lipinski definition) is 1. The standard InChI is InChI=1S/C12H16O3/c1-12(2,14)11(8-13)15-9-10-6-4-3-5-7-10/h3-8,11,14H,9H2,1-2H3/t11-/m1/s1. The zero-order valence-corrected chi connectivity index (χ0v) is 9.01. The SMILES string of the molecule is CC(C)(O)[C@@H](C=O)OCc1ccccc1. The number of carbonyl (C=O) groups excluding carboxylic acids is 1. The Kier molecular flexibility index (Phi) is 4.00. The lowest BCUT2D eigenvalue weighted by Crippen LogP contribution is -2.39. The van der Waals surface area contributed by atoms with Crippen LogP contribution in [-0.4, -0.2) is 23.1 Å². The van der Waals surface area contributed by atoms with E-state index in [0.717, 1.165) is 5.56 Å². The van der Waals surface area contributed by atoms with Crippen LogP contribution in [0.5, 0.6) is 0 Å². The molecule has 3 nitrogen and oxygen atoms in total. The zero-order chi connectivity index (χ0) is 11.3. The van der Waals surface area contributed by atoms with Crippen LogP contribution in [0.3, 0.4) is 0 Å². The Balaban J connectivity index is 2.52. The van der Waals surface area contributed by atoms with Crippen molar-refractivity contribution in [2.24, 2.45) is 0 Å². The summed E-state index contributed by atoms with van der Waals surface area (Å²) in [6, 6.07) is 9.53. The molecule has 0 amide bonds. The highest BCUT2D eigenvalue weighted by Crippen LogP contribution is 2.12. The van der Waals surface area contributed by atoms with E-state index in [2.05, 4.69) is 0 Å². The second-order valence-electron chi connectivity index (χ2n) is 4.01. The monoisotopic (exact) mass is 208 g/mol. The number of carbonyl (C=O) groups is 1. The first-order chi connectivity index (χ1) is 7.04. The molecule has 0 aromatic heterocycles. The first kappa shape index (κ1) is 11.9. The molecule has 0 fully saturated rings. The van der Waals surface area contributed by atoms with Gasteiger partial charge in [-0.15, -0.1) is 0 Å². The summed E-state index contributed by atoms with van der Waals surface area (Å²) in [5.41, 5.74) is -0.162. The van der Waals surface area contributed by atoms with Gasteiger partial charge in [0.1, 0.15) is 6.10 Å². The summed E-state index contributed by atoms with van der Waals surface area (Å²) in [4.78, 5) is 10.7. The van der Waals surface area contributed by atoms with Gasteiger partial charge in [0.05, 0.1) is 12.2 Å². The maximum absolute atomic E-state index is 10.7. The normalized spacial score (nSPS) is 13.5. The van der Waals surface area contributed by atoms with Gasteiger partial charge in [0, 0.05) is 0 Å². The van der Waals surface area contributed by atoms with Gasteiger partial charge in [0.25, 0.3) is 0 Å². The van der Waals surface area contributed by atoms with Crippen LogP contribution in [0.15, 0.2) is 30.3 Å². The third-order valence-electron chi connectivity index (χ3n) is 2.09.